The van der Waals surface area contributed by atoms with E-state index in [1.807, 2.05) is 19.9 Å². The molecule has 0 heterocycles. The number of halogens is 1. The molecule has 166 valence electrons. The van der Waals surface area contributed by atoms with Crippen LogP contribution in [0.15, 0.2) is 58.4 Å². The minimum Gasteiger partial charge on any atom is -0.493 e. The normalized spacial score (nSPS) is 12.5. The van der Waals surface area contributed by atoms with Crippen molar-refractivity contribution in [3.8, 4) is 11.5 Å². The Labute approximate surface area is 196 Å². The number of methoxy groups -OCH3 is 2. The zero-order chi connectivity index (χ0) is 21.3. The van der Waals surface area contributed by atoms with Gasteiger partial charge in [0.05, 0.1) is 24.9 Å². The van der Waals surface area contributed by atoms with Crippen LogP contribution in [0.4, 0.5) is 5.69 Å². The highest BCUT2D eigenvalue weighted by Gasteiger charge is 2.21. The molecule has 2 aromatic rings. The standard InChI is InChI=1S/C21H29N3O4S.HI/c1-5-16(15-29(25,26)18-10-8-7-9-11-18)23-21(22-6-2)24-17-12-13-19(27-3)20(14-17)28-4;/h7-14,16H,5-6,15H2,1-4H3,(H2,22,23,24);1H. The third-order valence-corrected chi connectivity index (χ3v) is 6.15. The second kappa shape index (κ2) is 12.6. The zero-order valence-electron chi connectivity index (χ0n) is 17.7. The summed E-state index contributed by atoms with van der Waals surface area (Å²) in [6, 6.07) is 13.6. The number of hydrogen-bond donors (Lipinski definition) is 2. The highest BCUT2D eigenvalue weighted by molar-refractivity contribution is 14.0. The summed E-state index contributed by atoms with van der Waals surface area (Å²) in [4.78, 5) is 4.76. The Balaban J connectivity index is 0.00000450. The van der Waals surface area contributed by atoms with Crippen LogP contribution in [0.3, 0.4) is 0 Å². The monoisotopic (exact) mass is 547 g/mol. The third kappa shape index (κ3) is 7.35. The van der Waals surface area contributed by atoms with Crippen LogP contribution in [-0.2, 0) is 9.84 Å². The number of aliphatic imine (C=N–C) groups is 1. The van der Waals surface area contributed by atoms with Gasteiger partial charge in [-0.2, -0.15) is 0 Å². The number of benzene rings is 2. The molecular formula is C21H30IN3O4S. The van der Waals surface area contributed by atoms with Crippen LogP contribution in [0, 0.1) is 0 Å². The molecule has 0 aliphatic rings. The molecule has 0 radical (unpaired) electrons. The molecule has 0 aliphatic heterocycles. The molecular weight excluding hydrogens is 517 g/mol. The molecule has 0 fully saturated rings. The summed E-state index contributed by atoms with van der Waals surface area (Å²) in [5, 5.41) is 6.44. The van der Waals surface area contributed by atoms with Crippen LogP contribution in [0.25, 0.3) is 0 Å². The molecule has 0 bridgehead atoms. The summed E-state index contributed by atoms with van der Waals surface area (Å²) >= 11 is 0. The van der Waals surface area contributed by atoms with Crippen molar-refractivity contribution >= 4 is 45.5 Å². The van der Waals surface area contributed by atoms with Crippen molar-refractivity contribution in [3.05, 3.63) is 48.5 Å². The third-order valence-electron chi connectivity index (χ3n) is 4.32. The van der Waals surface area contributed by atoms with Gasteiger partial charge in [-0.3, -0.25) is 4.99 Å². The molecule has 2 N–H and O–H groups in total. The van der Waals surface area contributed by atoms with Gasteiger partial charge in [0.25, 0.3) is 0 Å². The summed E-state index contributed by atoms with van der Waals surface area (Å²) in [7, 11) is -0.256. The molecule has 2 rings (SSSR count). The summed E-state index contributed by atoms with van der Waals surface area (Å²) in [5.74, 6) is 1.70. The molecule has 0 amide bonds. The van der Waals surface area contributed by atoms with Crippen molar-refractivity contribution in [1.82, 2.24) is 5.32 Å². The van der Waals surface area contributed by atoms with Gasteiger partial charge in [0, 0.05) is 24.3 Å². The van der Waals surface area contributed by atoms with Crippen molar-refractivity contribution in [3.63, 3.8) is 0 Å². The predicted octanol–water partition coefficient (Wildman–Crippen LogP) is 3.95. The lowest BCUT2D eigenvalue weighted by atomic mass is 10.2. The number of hydrogen-bond acceptors (Lipinski definition) is 5. The lowest BCUT2D eigenvalue weighted by molar-refractivity contribution is 0.355. The van der Waals surface area contributed by atoms with E-state index in [2.05, 4.69) is 15.6 Å². The first kappa shape index (κ1) is 26.0. The SMILES string of the molecule is CCN=C(Nc1ccc(OC)c(OC)c1)NC(CC)CS(=O)(=O)c1ccccc1.I. The Hall–Kier alpha value is -2.01. The summed E-state index contributed by atoms with van der Waals surface area (Å²) < 4.78 is 36.0. The van der Waals surface area contributed by atoms with Crippen LogP contribution >= 0.6 is 24.0 Å². The van der Waals surface area contributed by atoms with Crippen LogP contribution < -0.4 is 20.1 Å². The summed E-state index contributed by atoms with van der Waals surface area (Å²) in [5.41, 5.74) is 0.753. The molecule has 0 aliphatic carbocycles. The van der Waals surface area contributed by atoms with E-state index in [0.717, 1.165) is 5.69 Å². The minimum atomic E-state index is -3.41. The van der Waals surface area contributed by atoms with Gasteiger partial charge >= 0.3 is 0 Å². The van der Waals surface area contributed by atoms with E-state index < -0.39 is 9.84 Å². The van der Waals surface area contributed by atoms with Crippen molar-refractivity contribution in [2.24, 2.45) is 4.99 Å². The molecule has 0 spiro atoms. The van der Waals surface area contributed by atoms with Crippen molar-refractivity contribution in [2.75, 3.05) is 31.8 Å². The summed E-state index contributed by atoms with van der Waals surface area (Å²) in [6.07, 6.45) is 0.627. The highest BCUT2D eigenvalue weighted by atomic mass is 127. The maximum absolute atomic E-state index is 12.7. The maximum atomic E-state index is 12.7. The average Bonchev–Trinajstić information content (AvgIpc) is 2.73. The molecule has 2 aromatic carbocycles. The number of rotatable bonds is 9. The lowest BCUT2D eigenvalue weighted by Crippen LogP contribution is -2.42. The second-order valence-corrected chi connectivity index (χ2v) is 8.40. The predicted molar refractivity (Wildman–Crippen MR) is 132 cm³/mol. The fourth-order valence-corrected chi connectivity index (χ4v) is 4.39. The Morgan fingerprint density at radius 2 is 1.70 bits per heavy atom. The van der Waals surface area contributed by atoms with E-state index in [4.69, 9.17) is 9.47 Å². The van der Waals surface area contributed by atoms with Gasteiger partial charge in [-0.25, -0.2) is 8.42 Å². The number of nitrogens with zero attached hydrogens (tertiary/aromatic N) is 1. The van der Waals surface area contributed by atoms with Crippen molar-refractivity contribution in [2.45, 2.75) is 31.2 Å². The molecule has 1 unspecified atom stereocenters. The smallest absolute Gasteiger partial charge is 0.196 e. The van der Waals surface area contributed by atoms with E-state index in [-0.39, 0.29) is 35.8 Å². The van der Waals surface area contributed by atoms with E-state index in [1.54, 1.807) is 56.7 Å². The van der Waals surface area contributed by atoms with Crippen molar-refractivity contribution < 1.29 is 17.9 Å². The van der Waals surface area contributed by atoms with E-state index >= 15 is 0 Å². The first-order valence-electron chi connectivity index (χ1n) is 9.51. The van der Waals surface area contributed by atoms with Crippen LogP contribution in [0.2, 0.25) is 0 Å². The first-order valence-corrected chi connectivity index (χ1v) is 11.2. The lowest BCUT2D eigenvalue weighted by Gasteiger charge is -2.21. The number of nitrogens with one attached hydrogen (secondary N) is 2. The fraction of sp³-hybridized carbons (Fsp3) is 0.381. The average molecular weight is 547 g/mol. The van der Waals surface area contributed by atoms with Crippen LogP contribution in [0.5, 0.6) is 11.5 Å². The van der Waals surface area contributed by atoms with Gasteiger partial charge in [-0.1, -0.05) is 25.1 Å². The molecule has 0 aromatic heterocycles. The largest absolute Gasteiger partial charge is 0.493 e. The second-order valence-electron chi connectivity index (χ2n) is 6.36. The number of sulfone groups is 1. The Kier molecular flexibility index (Phi) is 11.0. The molecule has 9 heteroatoms. The van der Waals surface area contributed by atoms with Crippen LogP contribution in [0.1, 0.15) is 20.3 Å². The fourth-order valence-electron chi connectivity index (χ4n) is 2.77. The number of ether oxygens (including phenoxy) is 2. The van der Waals surface area contributed by atoms with Gasteiger partial charge in [-0.15, -0.1) is 24.0 Å². The molecule has 7 nitrogen and oxygen atoms in total. The van der Waals surface area contributed by atoms with Gasteiger partial charge in [0.1, 0.15) is 0 Å². The molecule has 30 heavy (non-hydrogen) atoms. The van der Waals surface area contributed by atoms with Crippen molar-refractivity contribution in [1.29, 1.82) is 0 Å². The number of anilines is 1. The Morgan fingerprint density at radius 3 is 2.27 bits per heavy atom. The molecule has 0 saturated carbocycles. The Bertz CT molecular complexity index is 921. The van der Waals surface area contributed by atoms with E-state index in [0.29, 0.717) is 35.3 Å². The molecule has 1 atom stereocenters. The van der Waals surface area contributed by atoms with Gasteiger partial charge in [0.2, 0.25) is 0 Å². The quantitative estimate of drug-likeness (QED) is 0.281. The van der Waals surface area contributed by atoms with Gasteiger partial charge in [0.15, 0.2) is 27.3 Å². The van der Waals surface area contributed by atoms with Gasteiger partial charge in [-0.05, 0) is 37.6 Å². The topological polar surface area (TPSA) is 89.0 Å². The number of guanidine groups is 1. The van der Waals surface area contributed by atoms with E-state index in [1.165, 1.54) is 0 Å². The maximum Gasteiger partial charge on any atom is 0.196 e. The Morgan fingerprint density at radius 1 is 1.03 bits per heavy atom. The first-order chi connectivity index (χ1) is 13.9. The van der Waals surface area contributed by atoms with E-state index in [9.17, 15) is 8.42 Å². The minimum absolute atomic E-state index is 0. The summed E-state index contributed by atoms with van der Waals surface area (Å²) in [6.45, 7) is 4.41. The van der Waals surface area contributed by atoms with Gasteiger partial charge < -0.3 is 20.1 Å². The van der Waals surface area contributed by atoms with Crippen LogP contribution in [-0.4, -0.2) is 46.9 Å². The molecule has 0 saturated heterocycles. The highest BCUT2D eigenvalue weighted by Crippen LogP contribution is 2.29. The zero-order valence-corrected chi connectivity index (χ0v) is 20.9.